The number of alkyl carbamates (subject to hydrolysis) is 1. The molecule has 8 nitrogen and oxygen atoms in total. The van der Waals surface area contributed by atoms with Crippen LogP contribution in [0.2, 0.25) is 0 Å². The van der Waals surface area contributed by atoms with E-state index in [2.05, 4.69) is 20.9 Å². The molecule has 0 bridgehead atoms. The van der Waals surface area contributed by atoms with E-state index in [-0.39, 0.29) is 29.9 Å². The topological polar surface area (TPSA) is 95.1 Å². The average Bonchev–Trinajstić information content (AvgIpc) is 2.64. The summed E-state index contributed by atoms with van der Waals surface area (Å²) in [5.74, 6) is 0.688. The number of nitrogens with one attached hydrogen (secondary N) is 3. The molecular formula is C21H36IN5O3. The van der Waals surface area contributed by atoms with Crippen molar-refractivity contribution in [1.29, 1.82) is 0 Å². The second-order valence-electron chi connectivity index (χ2n) is 7.80. The molecule has 0 heterocycles. The Morgan fingerprint density at radius 1 is 1.03 bits per heavy atom. The van der Waals surface area contributed by atoms with Gasteiger partial charge in [0.2, 0.25) is 0 Å². The van der Waals surface area contributed by atoms with Gasteiger partial charge in [-0.25, -0.2) is 9.79 Å². The first-order valence-corrected chi connectivity index (χ1v) is 9.92. The summed E-state index contributed by atoms with van der Waals surface area (Å²) in [5.41, 5.74) is 1.18. The van der Waals surface area contributed by atoms with Gasteiger partial charge in [0, 0.05) is 39.3 Å². The zero-order valence-electron chi connectivity index (χ0n) is 18.9. The van der Waals surface area contributed by atoms with Gasteiger partial charge in [-0.2, -0.15) is 0 Å². The van der Waals surface area contributed by atoms with Gasteiger partial charge in [0.05, 0.1) is 6.54 Å². The van der Waals surface area contributed by atoms with E-state index < -0.39 is 11.7 Å². The highest BCUT2D eigenvalue weighted by atomic mass is 127. The van der Waals surface area contributed by atoms with E-state index in [4.69, 9.17) is 4.74 Å². The lowest BCUT2D eigenvalue weighted by molar-refractivity contribution is 0.0527. The van der Waals surface area contributed by atoms with Gasteiger partial charge in [0.1, 0.15) is 5.60 Å². The molecular weight excluding hydrogens is 497 g/mol. The number of amides is 2. The molecule has 0 saturated heterocycles. The molecule has 0 aliphatic heterocycles. The normalized spacial score (nSPS) is 11.2. The Hall–Kier alpha value is -2.04. The van der Waals surface area contributed by atoms with Gasteiger partial charge in [-0.3, -0.25) is 4.79 Å². The van der Waals surface area contributed by atoms with Crippen molar-refractivity contribution in [3.05, 3.63) is 35.4 Å². The number of hydrogen-bond acceptors (Lipinski definition) is 4. The van der Waals surface area contributed by atoms with Crippen LogP contribution in [0.4, 0.5) is 4.79 Å². The van der Waals surface area contributed by atoms with Gasteiger partial charge in [0.25, 0.3) is 5.91 Å². The van der Waals surface area contributed by atoms with Crippen LogP contribution in [0.1, 0.15) is 50.0 Å². The third-order valence-electron chi connectivity index (χ3n) is 3.69. The van der Waals surface area contributed by atoms with Gasteiger partial charge < -0.3 is 25.6 Å². The maximum atomic E-state index is 11.9. The first-order valence-electron chi connectivity index (χ1n) is 9.92. The van der Waals surface area contributed by atoms with Crippen LogP contribution in [0.15, 0.2) is 29.3 Å². The standard InChI is InChI=1S/C21H35N5O3.HI/c1-7-22-19(23-13-8-14-24-20(28)29-21(2,3)4)25-15-16-9-11-17(12-10-16)18(27)26(5)6;/h9-12H,7-8,13-15H2,1-6H3,(H,24,28)(H2,22,23,25);1H. The molecule has 0 unspecified atom stereocenters. The molecule has 1 aromatic carbocycles. The van der Waals surface area contributed by atoms with Crippen molar-refractivity contribution < 1.29 is 14.3 Å². The van der Waals surface area contributed by atoms with Crippen molar-refractivity contribution in [3.8, 4) is 0 Å². The largest absolute Gasteiger partial charge is 0.444 e. The molecule has 0 saturated carbocycles. The maximum absolute atomic E-state index is 11.9. The lowest BCUT2D eigenvalue weighted by atomic mass is 10.1. The molecule has 3 N–H and O–H groups in total. The predicted molar refractivity (Wildman–Crippen MR) is 132 cm³/mol. The summed E-state index contributed by atoms with van der Waals surface area (Å²) >= 11 is 0. The summed E-state index contributed by atoms with van der Waals surface area (Å²) in [6, 6.07) is 7.45. The van der Waals surface area contributed by atoms with Crippen LogP contribution in [0.3, 0.4) is 0 Å². The van der Waals surface area contributed by atoms with Gasteiger partial charge in [-0.1, -0.05) is 12.1 Å². The first kappa shape index (κ1) is 28.0. The van der Waals surface area contributed by atoms with Crippen molar-refractivity contribution >= 4 is 41.9 Å². The molecule has 0 aliphatic rings. The number of rotatable bonds is 8. The second-order valence-corrected chi connectivity index (χ2v) is 7.80. The Morgan fingerprint density at radius 2 is 1.63 bits per heavy atom. The number of carbonyl (C=O) groups excluding carboxylic acids is 2. The highest BCUT2D eigenvalue weighted by Crippen LogP contribution is 2.08. The number of aliphatic imine (C=N–C) groups is 1. The number of halogens is 1. The molecule has 0 atom stereocenters. The minimum Gasteiger partial charge on any atom is -0.444 e. The van der Waals surface area contributed by atoms with Gasteiger partial charge in [-0.05, 0) is 51.8 Å². The molecule has 2 amide bonds. The van der Waals surface area contributed by atoms with Crippen LogP contribution in [0, 0.1) is 0 Å². The number of ether oxygens (including phenoxy) is 1. The zero-order valence-corrected chi connectivity index (χ0v) is 21.2. The van der Waals surface area contributed by atoms with Crippen LogP contribution in [-0.2, 0) is 11.3 Å². The summed E-state index contributed by atoms with van der Waals surface area (Å²) in [6.45, 7) is 9.94. The minimum atomic E-state index is -0.495. The van der Waals surface area contributed by atoms with Crippen LogP contribution in [0.5, 0.6) is 0 Å². The van der Waals surface area contributed by atoms with Crippen molar-refractivity contribution in [2.75, 3.05) is 33.7 Å². The monoisotopic (exact) mass is 533 g/mol. The molecule has 0 aliphatic carbocycles. The van der Waals surface area contributed by atoms with Crippen molar-refractivity contribution in [2.45, 2.75) is 46.3 Å². The zero-order chi connectivity index (χ0) is 21.9. The van der Waals surface area contributed by atoms with Crippen molar-refractivity contribution in [3.63, 3.8) is 0 Å². The fraction of sp³-hybridized carbons (Fsp3) is 0.571. The smallest absolute Gasteiger partial charge is 0.407 e. The lowest BCUT2D eigenvalue weighted by Crippen LogP contribution is -2.39. The summed E-state index contributed by atoms with van der Waals surface area (Å²) < 4.78 is 5.20. The van der Waals surface area contributed by atoms with Gasteiger partial charge in [0.15, 0.2) is 5.96 Å². The molecule has 1 rings (SSSR count). The van der Waals surface area contributed by atoms with Crippen molar-refractivity contribution in [1.82, 2.24) is 20.9 Å². The Bertz CT molecular complexity index is 685. The fourth-order valence-electron chi connectivity index (χ4n) is 2.32. The highest BCUT2D eigenvalue weighted by molar-refractivity contribution is 14.0. The Labute approximate surface area is 197 Å². The van der Waals surface area contributed by atoms with Gasteiger partial charge >= 0.3 is 6.09 Å². The summed E-state index contributed by atoms with van der Waals surface area (Å²) in [4.78, 5) is 29.7. The molecule has 0 radical (unpaired) electrons. The maximum Gasteiger partial charge on any atom is 0.407 e. The van der Waals surface area contributed by atoms with Crippen LogP contribution < -0.4 is 16.0 Å². The second kappa shape index (κ2) is 14.1. The number of benzene rings is 1. The third-order valence-corrected chi connectivity index (χ3v) is 3.69. The summed E-state index contributed by atoms with van der Waals surface area (Å²) in [6.07, 6.45) is 0.333. The molecule has 1 aromatic rings. The number of nitrogens with zero attached hydrogens (tertiary/aromatic N) is 2. The van der Waals surface area contributed by atoms with Crippen LogP contribution in [-0.4, -0.2) is 62.2 Å². The number of guanidine groups is 1. The van der Waals surface area contributed by atoms with E-state index in [9.17, 15) is 9.59 Å². The number of hydrogen-bond donors (Lipinski definition) is 3. The summed E-state index contributed by atoms with van der Waals surface area (Å²) in [7, 11) is 3.47. The van der Waals surface area contributed by atoms with E-state index in [0.29, 0.717) is 31.2 Å². The Morgan fingerprint density at radius 3 is 2.17 bits per heavy atom. The van der Waals surface area contributed by atoms with E-state index in [1.807, 2.05) is 52.0 Å². The predicted octanol–water partition coefficient (Wildman–Crippen LogP) is 2.98. The highest BCUT2D eigenvalue weighted by Gasteiger charge is 2.15. The van der Waals surface area contributed by atoms with Crippen molar-refractivity contribution in [2.24, 2.45) is 4.99 Å². The van der Waals surface area contributed by atoms with Crippen LogP contribution in [0.25, 0.3) is 0 Å². The minimum absolute atomic E-state index is 0. The van der Waals surface area contributed by atoms with Crippen LogP contribution >= 0.6 is 24.0 Å². The quantitative estimate of drug-likeness (QED) is 0.207. The van der Waals surface area contributed by atoms with E-state index >= 15 is 0 Å². The van der Waals surface area contributed by atoms with E-state index in [1.165, 1.54) is 0 Å². The Kier molecular flexibility index (Phi) is 13.1. The number of carbonyl (C=O) groups is 2. The molecule has 9 heteroatoms. The lowest BCUT2D eigenvalue weighted by Gasteiger charge is -2.19. The molecule has 30 heavy (non-hydrogen) atoms. The summed E-state index contributed by atoms with van der Waals surface area (Å²) in [5, 5.41) is 9.17. The molecule has 170 valence electrons. The fourth-order valence-corrected chi connectivity index (χ4v) is 2.32. The molecule has 0 spiro atoms. The first-order chi connectivity index (χ1) is 13.6. The molecule has 0 aromatic heterocycles. The van der Waals surface area contributed by atoms with Gasteiger partial charge in [-0.15, -0.1) is 24.0 Å². The van der Waals surface area contributed by atoms with E-state index in [0.717, 1.165) is 18.5 Å². The molecule has 0 fully saturated rings. The van der Waals surface area contributed by atoms with E-state index in [1.54, 1.807) is 19.0 Å². The Balaban J connectivity index is 0.00000841. The third kappa shape index (κ3) is 11.8. The SMILES string of the molecule is CCNC(=NCc1ccc(C(=O)N(C)C)cc1)NCCCNC(=O)OC(C)(C)C.I. The average molecular weight is 533 g/mol.